The average molecular weight is 429 g/mol. The SMILES string of the molecule is CCOC(=O)[C@H]1[C@@H]2NC(=S)N(CCOC)[C@@]1(C)Oc1ccc(Br)cc12. The first-order valence-electron chi connectivity index (χ1n) is 8.14. The Morgan fingerprint density at radius 2 is 2.28 bits per heavy atom. The van der Waals surface area contributed by atoms with Crippen molar-refractivity contribution in [1.82, 2.24) is 10.2 Å². The Balaban J connectivity index is 2.09. The van der Waals surface area contributed by atoms with Gasteiger partial charge in [-0.05, 0) is 44.3 Å². The van der Waals surface area contributed by atoms with Crippen molar-refractivity contribution in [1.29, 1.82) is 0 Å². The van der Waals surface area contributed by atoms with Gasteiger partial charge in [-0.3, -0.25) is 4.79 Å². The molecule has 8 heteroatoms. The zero-order valence-electron chi connectivity index (χ0n) is 14.4. The molecule has 0 saturated carbocycles. The Hall–Kier alpha value is -1.38. The highest BCUT2D eigenvalue weighted by Crippen LogP contribution is 2.49. The molecule has 2 heterocycles. The number of fused-ring (bicyclic) bond motifs is 4. The van der Waals surface area contributed by atoms with Crippen LogP contribution in [0.4, 0.5) is 0 Å². The van der Waals surface area contributed by atoms with Crippen LogP contribution in [-0.2, 0) is 14.3 Å². The molecule has 1 N–H and O–H groups in total. The maximum absolute atomic E-state index is 12.8. The third kappa shape index (κ3) is 3.11. The minimum absolute atomic E-state index is 0.307. The van der Waals surface area contributed by atoms with Crippen LogP contribution in [-0.4, -0.2) is 48.6 Å². The second-order valence-corrected chi connectivity index (χ2v) is 7.44. The van der Waals surface area contributed by atoms with E-state index in [-0.39, 0.29) is 12.0 Å². The molecule has 1 saturated heterocycles. The van der Waals surface area contributed by atoms with Crippen LogP contribution in [0, 0.1) is 5.92 Å². The zero-order valence-corrected chi connectivity index (χ0v) is 16.8. The van der Waals surface area contributed by atoms with Crippen molar-refractivity contribution in [3.63, 3.8) is 0 Å². The molecule has 2 aliphatic heterocycles. The highest BCUT2D eigenvalue weighted by Gasteiger charge is 2.59. The summed E-state index contributed by atoms with van der Waals surface area (Å²) in [5.74, 6) is -0.135. The Morgan fingerprint density at radius 3 is 2.96 bits per heavy atom. The number of hydrogen-bond donors (Lipinski definition) is 1. The Labute approximate surface area is 160 Å². The number of hydrogen-bond acceptors (Lipinski definition) is 5. The lowest BCUT2D eigenvalue weighted by atomic mass is 9.79. The molecule has 3 atom stereocenters. The molecule has 1 aromatic carbocycles. The molecule has 0 amide bonds. The normalized spacial score (nSPS) is 27.2. The number of nitrogens with zero attached hydrogens (tertiary/aromatic N) is 1. The number of esters is 1. The summed E-state index contributed by atoms with van der Waals surface area (Å²) < 4.78 is 17.8. The van der Waals surface area contributed by atoms with Gasteiger partial charge < -0.3 is 24.4 Å². The van der Waals surface area contributed by atoms with Crippen LogP contribution in [0.1, 0.15) is 25.5 Å². The van der Waals surface area contributed by atoms with E-state index in [0.29, 0.717) is 24.9 Å². The van der Waals surface area contributed by atoms with E-state index in [1.165, 1.54) is 0 Å². The molecule has 3 rings (SSSR count). The molecule has 0 aromatic heterocycles. The lowest BCUT2D eigenvalue weighted by Crippen LogP contribution is -2.71. The third-order valence-corrected chi connectivity index (χ3v) is 5.48. The van der Waals surface area contributed by atoms with Crippen molar-refractivity contribution in [2.45, 2.75) is 25.6 Å². The van der Waals surface area contributed by atoms with Gasteiger partial charge in [0, 0.05) is 23.7 Å². The zero-order chi connectivity index (χ0) is 18.2. The minimum atomic E-state index is -0.946. The first-order chi connectivity index (χ1) is 11.9. The molecular weight excluding hydrogens is 408 g/mol. The van der Waals surface area contributed by atoms with E-state index in [4.69, 9.17) is 26.4 Å². The Bertz CT molecular complexity index is 701. The van der Waals surface area contributed by atoms with Crippen LogP contribution in [0.25, 0.3) is 0 Å². The fourth-order valence-corrected chi connectivity index (χ4v) is 4.30. The molecule has 2 bridgehead atoms. The van der Waals surface area contributed by atoms with E-state index < -0.39 is 11.6 Å². The van der Waals surface area contributed by atoms with E-state index in [9.17, 15) is 4.79 Å². The van der Waals surface area contributed by atoms with Crippen LogP contribution >= 0.6 is 28.1 Å². The van der Waals surface area contributed by atoms with Gasteiger partial charge in [-0.1, -0.05) is 15.9 Å². The van der Waals surface area contributed by atoms with E-state index in [1.54, 1.807) is 14.0 Å². The number of rotatable bonds is 5. The van der Waals surface area contributed by atoms with E-state index in [1.807, 2.05) is 30.0 Å². The smallest absolute Gasteiger partial charge is 0.317 e. The second kappa shape index (κ2) is 7.09. The predicted octanol–water partition coefficient (Wildman–Crippen LogP) is 2.61. The van der Waals surface area contributed by atoms with Gasteiger partial charge >= 0.3 is 5.97 Å². The summed E-state index contributed by atoms with van der Waals surface area (Å²) in [5, 5.41) is 3.84. The van der Waals surface area contributed by atoms with Gasteiger partial charge in [-0.15, -0.1) is 0 Å². The number of nitrogens with one attached hydrogen (secondary N) is 1. The molecule has 0 unspecified atom stereocenters. The fourth-order valence-electron chi connectivity index (χ4n) is 3.52. The predicted molar refractivity (Wildman–Crippen MR) is 100 cm³/mol. The van der Waals surface area contributed by atoms with E-state index in [2.05, 4.69) is 21.2 Å². The molecule has 2 aliphatic rings. The van der Waals surface area contributed by atoms with Gasteiger partial charge in [0.25, 0.3) is 0 Å². The van der Waals surface area contributed by atoms with Crippen molar-refractivity contribution >= 4 is 39.2 Å². The summed E-state index contributed by atoms with van der Waals surface area (Å²) in [4.78, 5) is 14.7. The second-order valence-electron chi connectivity index (χ2n) is 6.14. The molecule has 6 nitrogen and oxygen atoms in total. The monoisotopic (exact) mass is 428 g/mol. The van der Waals surface area contributed by atoms with Crippen LogP contribution in [0.3, 0.4) is 0 Å². The van der Waals surface area contributed by atoms with Crippen molar-refractivity contribution in [3.05, 3.63) is 28.2 Å². The molecule has 0 radical (unpaired) electrons. The first-order valence-corrected chi connectivity index (χ1v) is 9.34. The van der Waals surface area contributed by atoms with Crippen molar-refractivity contribution in [3.8, 4) is 5.75 Å². The van der Waals surface area contributed by atoms with Gasteiger partial charge in [-0.25, -0.2) is 0 Å². The maximum Gasteiger partial charge on any atom is 0.317 e. The first kappa shape index (κ1) is 18.4. The largest absolute Gasteiger partial charge is 0.467 e. The van der Waals surface area contributed by atoms with Gasteiger partial charge in [0.2, 0.25) is 0 Å². The van der Waals surface area contributed by atoms with Crippen molar-refractivity contribution < 1.29 is 19.0 Å². The van der Waals surface area contributed by atoms with Gasteiger partial charge in [0.15, 0.2) is 10.8 Å². The lowest BCUT2D eigenvalue weighted by Gasteiger charge is -2.55. The average Bonchev–Trinajstić information content (AvgIpc) is 2.55. The minimum Gasteiger partial charge on any atom is -0.467 e. The highest BCUT2D eigenvalue weighted by molar-refractivity contribution is 9.10. The van der Waals surface area contributed by atoms with Crippen LogP contribution in [0.2, 0.25) is 0 Å². The van der Waals surface area contributed by atoms with Gasteiger partial charge in [0.05, 0.1) is 19.3 Å². The van der Waals surface area contributed by atoms with Gasteiger partial charge in [0.1, 0.15) is 11.7 Å². The Morgan fingerprint density at radius 1 is 1.52 bits per heavy atom. The number of carbonyl (C=O) groups excluding carboxylic acids is 1. The number of halogens is 1. The summed E-state index contributed by atoms with van der Waals surface area (Å²) in [6.45, 7) is 4.97. The summed E-state index contributed by atoms with van der Waals surface area (Å²) in [6, 6.07) is 5.46. The summed E-state index contributed by atoms with van der Waals surface area (Å²) in [7, 11) is 1.63. The highest BCUT2D eigenvalue weighted by atomic mass is 79.9. The fraction of sp³-hybridized carbons (Fsp3) is 0.529. The molecule has 136 valence electrons. The quantitative estimate of drug-likeness (QED) is 0.571. The summed E-state index contributed by atoms with van der Waals surface area (Å²) >= 11 is 9.03. The number of benzene rings is 1. The van der Waals surface area contributed by atoms with Crippen LogP contribution < -0.4 is 10.1 Å². The lowest BCUT2D eigenvalue weighted by molar-refractivity contribution is -0.176. The number of carbonyl (C=O) groups is 1. The molecule has 0 spiro atoms. The maximum atomic E-state index is 12.8. The third-order valence-electron chi connectivity index (χ3n) is 4.65. The number of thiocarbonyl (C=S) groups is 1. The van der Waals surface area contributed by atoms with Crippen LogP contribution in [0.15, 0.2) is 22.7 Å². The molecule has 0 aliphatic carbocycles. The molecule has 1 aromatic rings. The Kier molecular flexibility index (Phi) is 5.22. The molecular formula is C17H21BrN2O4S. The van der Waals surface area contributed by atoms with Gasteiger partial charge in [-0.2, -0.15) is 0 Å². The number of ether oxygens (including phenoxy) is 3. The van der Waals surface area contributed by atoms with E-state index >= 15 is 0 Å². The van der Waals surface area contributed by atoms with E-state index in [0.717, 1.165) is 15.8 Å². The number of methoxy groups -OCH3 is 1. The molecule has 25 heavy (non-hydrogen) atoms. The van der Waals surface area contributed by atoms with Crippen LogP contribution in [0.5, 0.6) is 5.75 Å². The summed E-state index contributed by atoms with van der Waals surface area (Å²) in [5.41, 5.74) is -0.0582. The van der Waals surface area contributed by atoms with Crippen molar-refractivity contribution in [2.24, 2.45) is 5.92 Å². The topological polar surface area (TPSA) is 60.0 Å². The summed E-state index contributed by atoms with van der Waals surface area (Å²) in [6.07, 6.45) is 0. The van der Waals surface area contributed by atoms with Crippen molar-refractivity contribution in [2.75, 3.05) is 26.9 Å². The molecule has 1 fully saturated rings. The standard InChI is InChI=1S/C17H21BrN2O4S/c1-4-23-15(21)13-14-11-9-10(18)5-6-12(11)24-17(13,2)20(7-8-22-3)16(25)19-14/h5-6,9,13-14H,4,7-8H2,1-3H3,(H,19,25)/t13-,14-,17+/m1/s1.